The number of unbranched alkanes of at least 4 members (excludes halogenated alkanes) is 2. The Kier molecular flexibility index (Phi) is 10.0. The minimum Gasteiger partial charge on any atom is -0.465 e. The summed E-state index contributed by atoms with van der Waals surface area (Å²) in [6.07, 6.45) is 3.61. The molecule has 18 heavy (non-hydrogen) atoms. The Morgan fingerprint density at radius 1 is 1.00 bits per heavy atom. The highest BCUT2D eigenvalue weighted by atomic mass is 79.9. The lowest BCUT2D eigenvalue weighted by molar-refractivity contribution is -0.153. The first-order chi connectivity index (χ1) is 8.54. The zero-order chi connectivity index (χ0) is 14.0. The van der Waals surface area contributed by atoms with E-state index in [1.54, 1.807) is 6.92 Å². The van der Waals surface area contributed by atoms with E-state index in [1.165, 1.54) is 0 Å². The maximum Gasteiger partial charge on any atom is 0.320 e. The summed E-state index contributed by atoms with van der Waals surface area (Å²) in [5.41, 5.74) is 0. The summed E-state index contributed by atoms with van der Waals surface area (Å²) in [4.78, 5) is 22.6. The average Bonchev–Trinajstić information content (AvgIpc) is 2.37. The molecule has 0 aliphatic rings. The van der Waals surface area contributed by atoms with E-state index in [2.05, 4.69) is 15.9 Å². The number of alkyl halides is 1. The first-order valence-corrected chi connectivity index (χ1v) is 7.43. The standard InChI is InChI=1S/C13H23BrO4/c1-4-6-8-17-12(15)10(3)11(14)13(16)18-9-7-5-2/h10-11H,4-9H2,1-3H3. The quantitative estimate of drug-likeness (QED) is 0.372. The van der Waals surface area contributed by atoms with Gasteiger partial charge >= 0.3 is 11.9 Å². The van der Waals surface area contributed by atoms with Gasteiger partial charge in [0, 0.05) is 0 Å². The van der Waals surface area contributed by atoms with Crippen molar-refractivity contribution in [3.63, 3.8) is 0 Å². The maximum absolute atomic E-state index is 11.6. The Morgan fingerprint density at radius 3 is 1.89 bits per heavy atom. The summed E-state index contributed by atoms with van der Waals surface area (Å²) in [7, 11) is 0. The molecule has 0 aromatic rings. The van der Waals surface area contributed by atoms with Crippen LogP contribution in [0.4, 0.5) is 0 Å². The lowest BCUT2D eigenvalue weighted by atomic mass is 10.1. The van der Waals surface area contributed by atoms with Gasteiger partial charge in [-0.25, -0.2) is 0 Å². The van der Waals surface area contributed by atoms with E-state index in [0.717, 1.165) is 25.7 Å². The zero-order valence-electron chi connectivity index (χ0n) is 11.4. The van der Waals surface area contributed by atoms with Gasteiger partial charge in [0.25, 0.3) is 0 Å². The largest absolute Gasteiger partial charge is 0.465 e. The predicted octanol–water partition coefficient (Wildman–Crippen LogP) is 3.07. The molecule has 0 aliphatic heterocycles. The lowest BCUT2D eigenvalue weighted by Crippen LogP contribution is -2.31. The fraction of sp³-hybridized carbons (Fsp3) is 0.846. The SMILES string of the molecule is CCCCOC(=O)C(C)C(Br)C(=O)OCCCC. The van der Waals surface area contributed by atoms with Crippen LogP contribution in [0.15, 0.2) is 0 Å². The average molecular weight is 323 g/mol. The minimum atomic E-state index is -0.636. The molecule has 106 valence electrons. The molecule has 0 amide bonds. The van der Waals surface area contributed by atoms with Crippen LogP contribution in [0.3, 0.4) is 0 Å². The number of ether oxygens (including phenoxy) is 2. The molecule has 0 rings (SSSR count). The van der Waals surface area contributed by atoms with Gasteiger partial charge in [0.2, 0.25) is 0 Å². The third-order valence-corrected chi connectivity index (χ3v) is 3.69. The smallest absolute Gasteiger partial charge is 0.320 e. The molecule has 0 radical (unpaired) electrons. The van der Waals surface area contributed by atoms with E-state index < -0.39 is 16.7 Å². The summed E-state index contributed by atoms with van der Waals surface area (Å²) in [5.74, 6) is -1.29. The minimum absolute atomic E-state index is 0.363. The van der Waals surface area contributed by atoms with Crippen LogP contribution in [0.2, 0.25) is 0 Å². The first kappa shape index (κ1) is 17.4. The predicted molar refractivity (Wildman–Crippen MR) is 73.6 cm³/mol. The van der Waals surface area contributed by atoms with E-state index in [9.17, 15) is 9.59 Å². The van der Waals surface area contributed by atoms with Gasteiger partial charge in [-0.15, -0.1) is 0 Å². The molecule has 0 spiro atoms. The molecule has 0 bridgehead atoms. The highest BCUT2D eigenvalue weighted by Crippen LogP contribution is 2.16. The van der Waals surface area contributed by atoms with Crippen molar-refractivity contribution in [1.82, 2.24) is 0 Å². The van der Waals surface area contributed by atoms with Gasteiger partial charge < -0.3 is 9.47 Å². The molecule has 0 heterocycles. The van der Waals surface area contributed by atoms with Gasteiger partial charge in [0.15, 0.2) is 0 Å². The van der Waals surface area contributed by atoms with Gasteiger partial charge in [-0.3, -0.25) is 9.59 Å². The Bertz CT molecular complexity index is 229. The number of rotatable bonds is 9. The molecule has 2 atom stereocenters. The van der Waals surface area contributed by atoms with Crippen molar-refractivity contribution in [2.24, 2.45) is 5.92 Å². The van der Waals surface area contributed by atoms with Crippen LogP contribution in [0.5, 0.6) is 0 Å². The second-order valence-corrected chi connectivity index (χ2v) is 5.22. The van der Waals surface area contributed by atoms with Crippen molar-refractivity contribution in [2.45, 2.75) is 51.3 Å². The summed E-state index contributed by atoms with van der Waals surface area (Å²) < 4.78 is 10.1. The topological polar surface area (TPSA) is 52.6 Å². The van der Waals surface area contributed by atoms with Gasteiger partial charge in [0.1, 0.15) is 4.83 Å². The van der Waals surface area contributed by atoms with E-state index >= 15 is 0 Å². The summed E-state index contributed by atoms with van der Waals surface area (Å²) in [6, 6.07) is 0. The van der Waals surface area contributed by atoms with E-state index in [4.69, 9.17) is 9.47 Å². The number of halogens is 1. The molecule has 5 heteroatoms. The Balaban J connectivity index is 4.02. The number of esters is 2. The van der Waals surface area contributed by atoms with Crippen molar-refractivity contribution in [1.29, 1.82) is 0 Å². The van der Waals surface area contributed by atoms with Crippen molar-refractivity contribution < 1.29 is 19.1 Å². The molecule has 0 aromatic heterocycles. The van der Waals surface area contributed by atoms with Crippen molar-refractivity contribution in [2.75, 3.05) is 13.2 Å². The number of hydrogen-bond donors (Lipinski definition) is 0. The highest BCUT2D eigenvalue weighted by molar-refractivity contribution is 9.10. The van der Waals surface area contributed by atoms with Crippen LogP contribution >= 0.6 is 15.9 Å². The van der Waals surface area contributed by atoms with Crippen LogP contribution in [0.25, 0.3) is 0 Å². The van der Waals surface area contributed by atoms with Gasteiger partial charge in [0.05, 0.1) is 19.1 Å². The second-order valence-electron chi connectivity index (χ2n) is 4.23. The molecule has 0 fully saturated rings. The van der Waals surface area contributed by atoms with Crippen LogP contribution < -0.4 is 0 Å². The van der Waals surface area contributed by atoms with Crippen LogP contribution in [0, 0.1) is 5.92 Å². The molecule has 0 saturated carbocycles. The van der Waals surface area contributed by atoms with Gasteiger partial charge in [-0.2, -0.15) is 0 Å². The fourth-order valence-electron chi connectivity index (χ4n) is 1.17. The third kappa shape index (κ3) is 6.99. The second kappa shape index (κ2) is 10.4. The van der Waals surface area contributed by atoms with E-state index in [-0.39, 0.29) is 5.97 Å². The van der Waals surface area contributed by atoms with Crippen LogP contribution in [-0.2, 0) is 19.1 Å². The van der Waals surface area contributed by atoms with Gasteiger partial charge in [-0.05, 0) is 12.8 Å². The van der Waals surface area contributed by atoms with Crippen molar-refractivity contribution in [3.8, 4) is 0 Å². The molecule has 0 aliphatic carbocycles. The van der Waals surface area contributed by atoms with Crippen molar-refractivity contribution >= 4 is 27.9 Å². The summed E-state index contributed by atoms with van der Waals surface area (Å²) >= 11 is 3.20. The molecule has 4 nitrogen and oxygen atoms in total. The normalized spacial score (nSPS) is 13.8. The lowest BCUT2D eigenvalue weighted by Gasteiger charge is -2.16. The van der Waals surface area contributed by atoms with Crippen LogP contribution in [-0.4, -0.2) is 30.0 Å². The summed E-state index contributed by atoms with van der Waals surface area (Å²) in [6.45, 7) is 6.51. The fourth-order valence-corrected chi connectivity index (χ4v) is 1.52. The third-order valence-electron chi connectivity index (χ3n) is 2.52. The molecule has 0 aromatic carbocycles. The number of hydrogen-bond acceptors (Lipinski definition) is 4. The monoisotopic (exact) mass is 322 g/mol. The first-order valence-electron chi connectivity index (χ1n) is 6.51. The Morgan fingerprint density at radius 2 is 1.44 bits per heavy atom. The Labute approximate surface area is 118 Å². The number of carbonyl (C=O) groups excluding carboxylic acids is 2. The molecule has 0 saturated heterocycles. The van der Waals surface area contributed by atoms with Gasteiger partial charge in [-0.1, -0.05) is 49.5 Å². The molecule has 0 N–H and O–H groups in total. The summed E-state index contributed by atoms with van der Waals surface area (Å²) in [5, 5.41) is 0. The Hall–Kier alpha value is -0.580. The molecular formula is C13H23BrO4. The highest BCUT2D eigenvalue weighted by Gasteiger charge is 2.30. The zero-order valence-corrected chi connectivity index (χ0v) is 13.0. The van der Waals surface area contributed by atoms with E-state index in [1.807, 2.05) is 13.8 Å². The van der Waals surface area contributed by atoms with E-state index in [0.29, 0.717) is 13.2 Å². The molecular weight excluding hydrogens is 300 g/mol. The molecule has 2 unspecified atom stereocenters. The maximum atomic E-state index is 11.6. The van der Waals surface area contributed by atoms with Crippen molar-refractivity contribution in [3.05, 3.63) is 0 Å². The van der Waals surface area contributed by atoms with Crippen LogP contribution in [0.1, 0.15) is 46.5 Å². The number of carbonyl (C=O) groups is 2.